The van der Waals surface area contributed by atoms with Crippen LogP contribution in [0.5, 0.6) is 5.75 Å². The summed E-state index contributed by atoms with van der Waals surface area (Å²) in [5, 5.41) is 12.3. The van der Waals surface area contributed by atoms with Gasteiger partial charge in [0.15, 0.2) is 11.6 Å². The molecule has 196 valence electrons. The summed E-state index contributed by atoms with van der Waals surface area (Å²) >= 11 is 0. The highest BCUT2D eigenvalue weighted by Crippen LogP contribution is 2.32. The molecule has 4 aromatic heterocycles. The molecule has 5 rings (SSSR count). The van der Waals surface area contributed by atoms with Gasteiger partial charge in [-0.15, -0.1) is 0 Å². The van der Waals surface area contributed by atoms with Crippen LogP contribution in [-0.4, -0.2) is 71.1 Å². The summed E-state index contributed by atoms with van der Waals surface area (Å²) in [7, 11) is 3.59. The van der Waals surface area contributed by atoms with Gasteiger partial charge in [0.25, 0.3) is 0 Å². The summed E-state index contributed by atoms with van der Waals surface area (Å²) in [5.74, 6) is 3.00. The molecule has 0 radical (unpaired) electrons. The highest BCUT2D eigenvalue weighted by Gasteiger charge is 2.23. The molecule has 0 bridgehead atoms. The second-order valence-corrected chi connectivity index (χ2v) is 9.55. The maximum Gasteiger partial charge on any atom is 0.222 e. The van der Waals surface area contributed by atoms with Crippen LogP contribution in [-0.2, 0) is 20.1 Å². The van der Waals surface area contributed by atoms with Crippen LogP contribution in [0.15, 0.2) is 24.8 Å². The van der Waals surface area contributed by atoms with E-state index in [1.165, 1.54) is 5.56 Å². The molecule has 12 nitrogen and oxygen atoms in total. The van der Waals surface area contributed by atoms with Gasteiger partial charge in [0.1, 0.15) is 28.8 Å². The molecule has 1 aliphatic rings. The number of rotatable bonds is 10. The molecule has 0 aromatic carbocycles. The standard InChI is InChI=1S/C25H35N11O/c1-4-5-8-27-24-23-19(31-25(26)32-24)13-30-36(23)14-20-21(37-3)11-18(12-28-20)17-6-9-35(10-7-17)15-22-29-16-34(2)33-22/h11-13,16-17H,4-10,14-15H2,1-3H3,(H3,26,27,31,32). The summed E-state index contributed by atoms with van der Waals surface area (Å²) in [6.45, 7) is 6.20. The Labute approximate surface area is 216 Å². The van der Waals surface area contributed by atoms with Gasteiger partial charge in [-0.05, 0) is 49.9 Å². The van der Waals surface area contributed by atoms with Crippen molar-refractivity contribution >= 4 is 22.8 Å². The predicted octanol–water partition coefficient (Wildman–Crippen LogP) is 2.58. The van der Waals surface area contributed by atoms with Crippen molar-refractivity contribution in [3.8, 4) is 5.75 Å². The summed E-state index contributed by atoms with van der Waals surface area (Å²) in [6.07, 6.45) is 9.70. The SMILES string of the molecule is CCCCNc1nc(N)nc2cnn(Cc3ncc(C4CCN(Cc5ncn(C)n5)CC4)cc3OC)c12. The minimum absolute atomic E-state index is 0.230. The second kappa shape index (κ2) is 11.1. The Balaban J connectivity index is 1.30. The Morgan fingerprint density at radius 2 is 1.97 bits per heavy atom. The molecule has 4 aromatic rings. The Morgan fingerprint density at radius 3 is 2.70 bits per heavy atom. The Morgan fingerprint density at radius 1 is 1.14 bits per heavy atom. The molecule has 1 saturated heterocycles. The van der Waals surface area contributed by atoms with Gasteiger partial charge in [0.05, 0.1) is 26.4 Å². The van der Waals surface area contributed by atoms with E-state index in [1.807, 2.05) is 17.9 Å². The van der Waals surface area contributed by atoms with Crippen molar-refractivity contribution in [1.82, 2.24) is 44.4 Å². The third kappa shape index (κ3) is 5.63. The number of anilines is 2. The molecule has 0 unspecified atom stereocenters. The highest BCUT2D eigenvalue weighted by molar-refractivity contribution is 5.86. The third-order valence-electron chi connectivity index (χ3n) is 6.87. The van der Waals surface area contributed by atoms with Gasteiger partial charge in [-0.25, -0.2) is 9.97 Å². The molecule has 1 aliphatic heterocycles. The van der Waals surface area contributed by atoms with Crippen LogP contribution in [0.1, 0.15) is 55.6 Å². The lowest BCUT2D eigenvalue weighted by Gasteiger charge is -2.31. The Hall–Kier alpha value is -3.80. The Bertz CT molecular complexity index is 1340. The zero-order chi connectivity index (χ0) is 25.8. The first-order valence-electron chi connectivity index (χ1n) is 12.9. The molecular formula is C25H35N11O. The summed E-state index contributed by atoms with van der Waals surface area (Å²) in [4.78, 5) is 20.4. The number of nitrogen functional groups attached to an aromatic ring is 1. The first-order valence-corrected chi connectivity index (χ1v) is 12.9. The van der Waals surface area contributed by atoms with E-state index in [9.17, 15) is 0 Å². The number of hydrogen-bond acceptors (Lipinski definition) is 10. The lowest BCUT2D eigenvalue weighted by molar-refractivity contribution is 0.200. The van der Waals surface area contributed by atoms with Crippen molar-refractivity contribution in [2.24, 2.45) is 7.05 Å². The molecule has 37 heavy (non-hydrogen) atoms. The van der Waals surface area contributed by atoms with Gasteiger partial charge in [0, 0.05) is 19.8 Å². The van der Waals surface area contributed by atoms with Gasteiger partial charge in [-0.1, -0.05) is 13.3 Å². The predicted molar refractivity (Wildman–Crippen MR) is 141 cm³/mol. The average molecular weight is 506 g/mol. The van der Waals surface area contributed by atoms with Crippen molar-refractivity contribution in [1.29, 1.82) is 0 Å². The van der Waals surface area contributed by atoms with Crippen LogP contribution >= 0.6 is 0 Å². The largest absolute Gasteiger partial charge is 0.495 e. The topological polar surface area (TPSA) is 138 Å². The van der Waals surface area contributed by atoms with Gasteiger partial charge >= 0.3 is 0 Å². The van der Waals surface area contributed by atoms with Gasteiger partial charge in [-0.2, -0.15) is 15.2 Å². The fraction of sp³-hybridized carbons (Fsp3) is 0.520. The molecule has 3 N–H and O–H groups in total. The van der Waals surface area contributed by atoms with E-state index in [0.29, 0.717) is 23.8 Å². The number of piperidine rings is 1. The number of methoxy groups -OCH3 is 1. The number of nitrogens with one attached hydrogen (secondary N) is 1. The monoisotopic (exact) mass is 505 g/mol. The van der Waals surface area contributed by atoms with Crippen LogP contribution in [0.2, 0.25) is 0 Å². The van der Waals surface area contributed by atoms with E-state index in [-0.39, 0.29) is 5.95 Å². The summed E-state index contributed by atoms with van der Waals surface area (Å²) in [5.41, 5.74) is 9.47. The quantitative estimate of drug-likeness (QED) is 0.309. The van der Waals surface area contributed by atoms with Gasteiger partial charge in [-0.3, -0.25) is 19.2 Å². The van der Waals surface area contributed by atoms with Crippen molar-refractivity contribution in [3.05, 3.63) is 41.9 Å². The molecule has 1 fully saturated rings. The van der Waals surface area contributed by atoms with E-state index in [1.54, 1.807) is 24.3 Å². The molecular weight excluding hydrogens is 470 g/mol. The molecule has 0 saturated carbocycles. The smallest absolute Gasteiger partial charge is 0.222 e. The van der Waals surface area contributed by atoms with Crippen molar-refractivity contribution in [2.45, 2.75) is 51.6 Å². The summed E-state index contributed by atoms with van der Waals surface area (Å²) in [6, 6.07) is 2.13. The lowest BCUT2D eigenvalue weighted by Crippen LogP contribution is -2.33. The molecule has 12 heteroatoms. The number of unbranched alkanes of at least 4 members (excludes halogenated alkanes) is 1. The van der Waals surface area contributed by atoms with Crippen molar-refractivity contribution < 1.29 is 4.74 Å². The van der Waals surface area contributed by atoms with E-state index in [2.05, 4.69) is 48.4 Å². The van der Waals surface area contributed by atoms with Gasteiger partial charge < -0.3 is 15.8 Å². The van der Waals surface area contributed by atoms with E-state index >= 15 is 0 Å². The first kappa shape index (κ1) is 24.9. The number of likely N-dealkylation sites (tertiary alicyclic amines) is 1. The number of hydrogen-bond donors (Lipinski definition) is 2. The average Bonchev–Trinajstić information content (AvgIpc) is 3.50. The molecule has 0 amide bonds. The Kier molecular flexibility index (Phi) is 7.45. The highest BCUT2D eigenvalue weighted by atomic mass is 16.5. The lowest BCUT2D eigenvalue weighted by atomic mass is 9.90. The van der Waals surface area contributed by atoms with E-state index in [0.717, 1.165) is 74.6 Å². The molecule has 5 heterocycles. The third-order valence-corrected chi connectivity index (χ3v) is 6.87. The van der Waals surface area contributed by atoms with Crippen LogP contribution in [0.25, 0.3) is 11.0 Å². The van der Waals surface area contributed by atoms with Crippen LogP contribution < -0.4 is 15.8 Å². The van der Waals surface area contributed by atoms with Crippen LogP contribution in [0, 0.1) is 0 Å². The zero-order valence-electron chi connectivity index (χ0n) is 21.8. The van der Waals surface area contributed by atoms with Crippen LogP contribution in [0.4, 0.5) is 11.8 Å². The fourth-order valence-corrected chi connectivity index (χ4v) is 4.87. The fourth-order valence-electron chi connectivity index (χ4n) is 4.87. The van der Waals surface area contributed by atoms with E-state index in [4.69, 9.17) is 15.5 Å². The second-order valence-electron chi connectivity index (χ2n) is 9.55. The minimum atomic E-state index is 0.230. The zero-order valence-corrected chi connectivity index (χ0v) is 21.8. The molecule has 0 spiro atoms. The number of aryl methyl sites for hydroxylation is 1. The number of nitrogens with zero attached hydrogens (tertiary/aromatic N) is 9. The number of ether oxygens (including phenoxy) is 1. The van der Waals surface area contributed by atoms with Crippen molar-refractivity contribution in [2.75, 3.05) is 37.8 Å². The number of fused-ring (bicyclic) bond motifs is 1. The van der Waals surface area contributed by atoms with Crippen LogP contribution in [0.3, 0.4) is 0 Å². The molecule has 0 atom stereocenters. The minimum Gasteiger partial charge on any atom is -0.495 e. The number of aromatic nitrogens is 8. The maximum atomic E-state index is 5.93. The normalized spacial score (nSPS) is 14.9. The van der Waals surface area contributed by atoms with E-state index < -0.39 is 0 Å². The maximum absolute atomic E-state index is 5.93. The summed E-state index contributed by atoms with van der Waals surface area (Å²) < 4.78 is 9.38. The van der Waals surface area contributed by atoms with Crippen molar-refractivity contribution in [3.63, 3.8) is 0 Å². The number of pyridine rings is 1. The molecule has 0 aliphatic carbocycles. The number of nitrogens with two attached hydrogens (primary N) is 1. The first-order chi connectivity index (χ1) is 18.0. The van der Waals surface area contributed by atoms with Gasteiger partial charge in [0.2, 0.25) is 5.95 Å².